The number of benzene rings is 1. The lowest BCUT2D eigenvalue weighted by Crippen LogP contribution is -2.22. The monoisotopic (exact) mass is 286 g/mol. The van der Waals surface area contributed by atoms with Crippen LogP contribution < -0.4 is 5.73 Å². The Hall–Kier alpha value is -0.450. The van der Waals surface area contributed by atoms with Gasteiger partial charge in [-0.1, -0.05) is 22.0 Å². The van der Waals surface area contributed by atoms with Gasteiger partial charge in [0.25, 0.3) is 0 Å². The molecular formula is C12H16BrFN2. The average Bonchev–Trinajstić information content (AvgIpc) is 2.70. The molecule has 0 aromatic heterocycles. The lowest BCUT2D eigenvalue weighted by atomic mass is 10.1. The van der Waals surface area contributed by atoms with E-state index in [1.54, 1.807) is 0 Å². The van der Waals surface area contributed by atoms with E-state index >= 15 is 0 Å². The fraction of sp³-hybridized carbons (Fsp3) is 0.500. The molecule has 1 heterocycles. The van der Waals surface area contributed by atoms with E-state index in [-0.39, 0.29) is 5.82 Å². The third-order valence-electron chi connectivity index (χ3n) is 3.11. The van der Waals surface area contributed by atoms with Gasteiger partial charge in [-0.2, -0.15) is 0 Å². The molecule has 4 heteroatoms. The first-order chi connectivity index (χ1) is 7.69. The highest BCUT2D eigenvalue weighted by atomic mass is 79.9. The van der Waals surface area contributed by atoms with Crippen molar-refractivity contribution in [1.29, 1.82) is 0 Å². The molecule has 0 radical (unpaired) electrons. The lowest BCUT2D eigenvalue weighted by Gasteiger charge is -2.16. The second-order valence-electron chi connectivity index (χ2n) is 4.36. The zero-order valence-electron chi connectivity index (χ0n) is 9.13. The second kappa shape index (κ2) is 5.25. The number of hydrogen-bond acceptors (Lipinski definition) is 2. The molecule has 1 unspecified atom stereocenters. The summed E-state index contributed by atoms with van der Waals surface area (Å²) in [6.07, 6.45) is 1.18. The quantitative estimate of drug-likeness (QED) is 0.924. The number of nitrogens with zero attached hydrogens (tertiary/aromatic N) is 1. The molecule has 0 amide bonds. The van der Waals surface area contributed by atoms with Crippen LogP contribution in [0.3, 0.4) is 0 Å². The van der Waals surface area contributed by atoms with Crippen LogP contribution in [-0.2, 0) is 6.54 Å². The average molecular weight is 287 g/mol. The SMILES string of the molecule is NCC1CCN(Cc2ccc(F)cc2Br)C1. The molecule has 0 aliphatic carbocycles. The highest BCUT2D eigenvalue weighted by Crippen LogP contribution is 2.23. The molecular weight excluding hydrogens is 271 g/mol. The molecule has 1 aliphatic rings. The first-order valence-corrected chi connectivity index (χ1v) is 6.34. The summed E-state index contributed by atoms with van der Waals surface area (Å²) in [5, 5.41) is 0. The Labute approximate surface area is 104 Å². The molecule has 1 aromatic carbocycles. The van der Waals surface area contributed by atoms with Gasteiger partial charge < -0.3 is 5.73 Å². The summed E-state index contributed by atoms with van der Waals surface area (Å²) in [6, 6.07) is 4.87. The van der Waals surface area contributed by atoms with Crippen LogP contribution in [-0.4, -0.2) is 24.5 Å². The lowest BCUT2D eigenvalue weighted by molar-refractivity contribution is 0.317. The molecule has 2 N–H and O–H groups in total. The highest BCUT2D eigenvalue weighted by Gasteiger charge is 2.21. The van der Waals surface area contributed by atoms with E-state index in [0.717, 1.165) is 36.2 Å². The normalized spacial score (nSPS) is 21.6. The Morgan fingerprint density at radius 2 is 2.31 bits per heavy atom. The van der Waals surface area contributed by atoms with Gasteiger partial charge in [-0.15, -0.1) is 0 Å². The smallest absolute Gasteiger partial charge is 0.124 e. The van der Waals surface area contributed by atoms with Crippen molar-refractivity contribution in [2.24, 2.45) is 11.7 Å². The minimum Gasteiger partial charge on any atom is -0.330 e. The van der Waals surface area contributed by atoms with Crippen molar-refractivity contribution in [2.45, 2.75) is 13.0 Å². The van der Waals surface area contributed by atoms with Gasteiger partial charge >= 0.3 is 0 Å². The van der Waals surface area contributed by atoms with Gasteiger partial charge in [-0.05, 0) is 43.1 Å². The Balaban J connectivity index is 1.99. The zero-order chi connectivity index (χ0) is 11.5. The van der Waals surface area contributed by atoms with E-state index in [0.29, 0.717) is 5.92 Å². The van der Waals surface area contributed by atoms with Crippen molar-refractivity contribution in [3.8, 4) is 0 Å². The van der Waals surface area contributed by atoms with Crippen molar-refractivity contribution in [3.05, 3.63) is 34.1 Å². The molecule has 88 valence electrons. The van der Waals surface area contributed by atoms with Crippen molar-refractivity contribution >= 4 is 15.9 Å². The van der Waals surface area contributed by atoms with Crippen LogP contribution in [0.25, 0.3) is 0 Å². The fourth-order valence-electron chi connectivity index (χ4n) is 2.14. The first kappa shape index (κ1) is 12.0. The number of likely N-dealkylation sites (tertiary alicyclic amines) is 1. The van der Waals surface area contributed by atoms with E-state index in [9.17, 15) is 4.39 Å². The molecule has 16 heavy (non-hydrogen) atoms. The highest BCUT2D eigenvalue weighted by molar-refractivity contribution is 9.10. The first-order valence-electron chi connectivity index (χ1n) is 5.55. The summed E-state index contributed by atoms with van der Waals surface area (Å²) in [4.78, 5) is 2.37. The van der Waals surface area contributed by atoms with Crippen molar-refractivity contribution in [3.63, 3.8) is 0 Å². The number of rotatable bonds is 3. The largest absolute Gasteiger partial charge is 0.330 e. The van der Waals surface area contributed by atoms with Crippen LogP contribution in [0.2, 0.25) is 0 Å². The van der Waals surface area contributed by atoms with Gasteiger partial charge in [0.05, 0.1) is 0 Å². The molecule has 1 saturated heterocycles. The van der Waals surface area contributed by atoms with Crippen molar-refractivity contribution in [1.82, 2.24) is 4.90 Å². The zero-order valence-corrected chi connectivity index (χ0v) is 10.7. The summed E-state index contributed by atoms with van der Waals surface area (Å²) in [7, 11) is 0. The molecule has 2 nitrogen and oxygen atoms in total. The van der Waals surface area contributed by atoms with Crippen LogP contribution in [0.4, 0.5) is 4.39 Å². The summed E-state index contributed by atoms with van der Waals surface area (Å²) in [5.74, 6) is 0.427. The minimum absolute atomic E-state index is 0.197. The fourth-order valence-corrected chi connectivity index (χ4v) is 2.62. The molecule has 1 atom stereocenters. The Morgan fingerprint density at radius 1 is 1.50 bits per heavy atom. The van der Waals surface area contributed by atoms with E-state index in [2.05, 4.69) is 20.8 Å². The maximum atomic E-state index is 12.9. The van der Waals surface area contributed by atoms with Gasteiger partial charge in [0.15, 0.2) is 0 Å². The molecule has 0 saturated carbocycles. The summed E-state index contributed by atoms with van der Waals surface area (Å²) < 4.78 is 13.8. The van der Waals surface area contributed by atoms with Gasteiger partial charge in [0.2, 0.25) is 0 Å². The van der Waals surface area contributed by atoms with Gasteiger partial charge in [0, 0.05) is 17.6 Å². The Kier molecular flexibility index (Phi) is 3.95. The number of hydrogen-bond donors (Lipinski definition) is 1. The summed E-state index contributed by atoms with van der Waals surface area (Å²) in [6.45, 7) is 3.78. The molecule has 1 aromatic rings. The van der Waals surface area contributed by atoms with Crippen molar-refractivity contribution < 1.29 is 4.39 Å². The standard InChI is InChI=1S/C12H16BrFN2/c13-12-5-11(14)2-1-10(12)8-16-4-3-9(6-15)7-16/h1-2,5,9H,3-4,6-8,15H2. The minimum atomic E-state index is -0.197. The van der Waals surface area contributed by atoms with E-state index in [1.165, 1.54) is 18.6 Å². The number of halogens is 2. The van der Waals surface area contributed by atoms with E-state index < -0.39 is 0 Å². The third kappa shape index (κ3) is 2.81. The predicted octanol–water partition coefficient (Wildman–Crippen LogP) is 2.37. The molecule has 1 fully saturated rings. The third-order valence-corrected chi connectivity index (χ3v) is 3.85. The summed E-state index contributed by atoms with van der Waals surface area (Å²) >= 11 is 3.40. The van der Waals surface area contributed by atoms with E-state index in [4.69, 9.17) is 5.73 Å². The van der Waals surface area contributed by atoms with Crippen LogP contribution in [0.1, 0.15) is 12.0 Å². The van der Waals surface area contributed by atoms with Crippen molar-refractivity contribution in [2.75, 3.05) is 19.6 Å². The summed E-state index contributed by atoms with van der Waals surface area (Å²) in [5.41, 5.74) is 6.79. The topological polar surface area (TPSA) is 29.3 Å². The Morgan fingerprint density at radius 3 is 2.94 bits per heavy atom. The maximum absolute atomic E-state index is 12.9. The second-order valence-corrected chi connectivity index (χ2v) is 5.22. The van der Waals surface area contributed by atoms with Crippen LogP contribution in [0.15, 0.2) is 22.7 Å². The Bertz CT molecular complexity index is 370. The van der Waals surface area contributed by atoms with Gasteiger partial charge in [-0.25, -0.2) is 4.39 Å². The van der Waals surface area contributed by atoms with Crippen LogP contribution in [0.5, 0.6) is 0 Å². The van der Waals surface area contributed by atoms with Gasteiger partial charge in [-0.3, -0.25) is 4.90 Å². The molecule has 0 spiro atoms. The number of nitrogens with two attached hydrogens (primary N) is 1. The molecule has 0 bridgehead atoms. The van der Waals surface area contributed by atoms with Crippen LogP contribution in [0, 0.1) is 11.7 Å². The predicted molar refractivity (Wildman–Crippen MR) is 66.5 cm³/mol. The van der Waals surface area contributed by atoms with E-state index in [1.807, 2.05) is 6.07 Å². The molecule has 1 aliphatic heterocycles. The van der Waals surface area contributed by atoms with Crippen LogP contribution >= 0.6 is 15.9 Å². The maximum Gasteiger partial charge on any atom is 0.124 e. The molecule has 2 rings (SSSR count). The van der Waals surface area contributed by atoms with Gasteiger partial charge in [0.1, 0.15) is 5.82 Å².